The van der Waals surface area contributed by atoms with Crippen molar-refractivity contribution in [3.63, 3.8) is 0 Å². The summed E-state index contributed by atoms with van der Waals surface area (Å²) < 4.78 is 11.1. The van der Waals surface area contributed by atoms with Gasteiger partial charge in [0, 0.05) is 11.8 Å². The molecule has 10 heteroatoms. The van der Waals surface area contributed by atoms with Crippen LogP contribution in [-0.2, 0) is 6.54 Å². The molecule has 0 bridgehead atoms. The van der Waals surface area contributed by atoms with Crippen molar-refractivity contribution in [1.29, 1.82) is 0 Å². The third kappa shape index (κ3) is 5.58. The molecule has 0 saturated carbocycles. The van der Waals surface area contributed by atoms with Gasteiger partial charge in [0.2, 0.25) is 5.95 Å². The van der Waals surface area contributed by atoms with Crippen LogP contribution in [0, 0.1) is 13.8 Å². The number of ether oxygens (including phenoxy) is 2. The summed E-state index contributed by atoms with van der Waals surface area (Å²) >= 11 is 0. The number of pyridine rings is 1. The molecule has 0 radical (unpaired) electrons. The Balaban J connectivity index is 1.36. The van der Waals surface area contributed by atoms with Crippen LogP contribution < -0.4 is 24.6 Å². The lowest BCUT2D eigenvalue weighted by molar-refractivity contribution is 0.252. The highest BCUT2D eigenvalue weighted by Gasteiger charge is 2.36. The molecule has 4 aromatic rings. The third-order valence-corrected chi connectivity index (χ3v) is 8.36. The van der Waals surface area contributed by atoms with Gasteiger partial charge < -0.3 is 19.7 Å². The second kappa shape index (κ2) is 11.9. The number of aromatic nitrogens is 3. The van der Waals surface area contributed by atoms with E-state index in [1.165, 1.54) is 10.5 Å². The molecular formula is C33H37N7O3. The zero-order valence-corrected chi connectivity index (χ0v) is 25.3. The largest absolute Gasteiger partial charge is 0.495 e. The SMILES string of the molecule is COc1ccc(N2C(=O)N(c3c(C)cccc3C)Cc3cnc(Nc4ccc(C5CCN(C)CC5)cc4OC)nc32)nc1. The highest BCUT2D eigenvalue weighted by molar-refractivity contribution is 6.10. The van der Waals surface area contributed by atoms with Crippen molar-refractivity contribution < 1.29 is 14.3 Å². The second-order valence-corrected chi connectivity index (χ2v) is 11.2. The highest BCUT2D eigenvalue weighted by Crippen LogP contribution is 2.39. The maximum atomic E-state index is 14.2. The Hall–Kier alpha value is -4.70. The fourth-order valence-electron chi connectivity index (χ4n) is 5.98. The number of para-hydroxylation sites is 1. The van der Waals surface area contributed by atoms with Crippen molar-refractivity contribution >= 4 is 35.0 Å². The van der Waals surface area contributed by atoms with E-state index in [9.17, 15) is 4.79 Å². The van der Waals surface area contributed by atoms with Crippen molar-refractivity contribution in [3.8, 4) is 11.5 Å². The predicted molar refractivity (Wildman–Crippen MR) is 168 cm³/mol. The Labute approximate surface area is 252 Å². The van der Waals surface area contributed by atoms with Crippen molar-refractivity contribution in [2.24, 2.45) is 0 Å². The van der Waals surface area contributed by atoms with Gasteiger partial charge in [-0.15, -0.1) is 0 Å². The van der Waals surface area contributed by atoms with E-state index in [1.807, 2.05) is 38.1 Å². The molecule has 10 nitrogen and oxygen atoms in total. The summed E-state index contributed by atoms with van der Waals surface area (Å²) in [7, 11) is 5.42. The van der Waals surface area contributed by atoms with E-state index in [0.29, 0.717) is 35.8 Å². The number of fused-ring (bicyclic) bond motifs is 1. The average molecular weight is 580 g/mol. The molecule has 43 heavy (non-hydrogen) atoms. The number of nitrogens with zero attached hydrogens (tertiary/aromatic N) is 6. The van der Waals surface area contributed by atoms with Gasteiger partial charge in [-0.25, -0.2) is 19.7 Å². The fraction of sp³-hybridized carbons (Fsp3) is 0.333. The van der Waals surface area contributed by atoms with Crippen LogP contribution in [0.1, 0.15) is 41.0 Å². The normalized spacial score (nSPS) is 15.8. The molecule has 0 aliphatic carbocycles. The van der Waals surface area contributed by atoms with E-state index >= 15 is 0 Å². The topological polar surface area (TPSA) is 96.0 Å². The van der Waals surface area contributed by atoms with Crippen LogP contribution >= 0.6 is 0 Å². The number of aryl methyl sites for hydroxylation is 2. The monoisotopic (exact) mass is 579 g/mol. The lowest BCUT2D eigenvalue weighted by Gasteiger charge is -2.36. The minimum absolute atomic E-state index is 0.243. The van der Waals surface area contributed by atoms with E-state index in [1.54, 1.807) is 43.6 Å². The molecule has 1 saturated heterocycles. The van der Waals surface area contributed by atoms with Crippen LogP contribution in [0.2, 0.25) is 0 Å². The number of benzene rings is 2. The van der Waals surface area contributed by atoms with Crippen LogP contribution in [0.15, 0.2) is 60.9 Å². The summed E-state index contributed by atoms with van der Waals surface area (Å²) in [5, 5.41) is 3.33. The summed E-state index contributed by atoms with van der Waals surface area (Å²) in [6, 6.07) is 15.6. The van der Waals surface area contributed by atoms with Gasteiger partial charge in [-0.2, -0.15) is 4.98 Å². The number of hydrogen-bond donors (Lipinski definition) is 1. The first kappa shape index (κ1) is 28.4. The molecule has 2 aliphatic heterocycles. The molecule has 0 atom stereocenters. The standard InChI is InChI=1S/C33H37N7O3/c1-21-7-6-8-22(2)30(21)39-20-25-18-35-32(37-31(25)40(33(39)41)29-12-10-26(42-4)19-34-29)36-27-11-9-24(17-28(27)43-5)23-13-15-38(3)16-14-23/h6-12,17-19,23H,13-16,20H2,1-5H3,(H,35,36,37). The van der Waals surface area contributed by atoms with Gasteiger partial charge in [-0.3, -0.25) is 4.90 Å². The van der Waals surface area contributed by atoms with Crippen LogP contribution in [0.3, 0.4) is 0 Å². The van der Waals surface area contributed by atoms with Crippen LogP contribution in [0.5, 0.6) is 11.5 Å². The molecule has 2 amide bonds. The molecule has 222 valence electrons. The molecule has 2 aliphatic rings. The van der Waals surface area contributed by atoms with Crippen molar-refractivity contribution in [2.75, 3.05) is 49.5 Å². The van der Waals surface area contributed by atoms with E-state index < -0.39 is 0 Å². The van der Waals surface area contributed by atoms with Crippen molar-refractivity contribution in [1.82, 2.24) is 19.9 Å². The minimum Gasteiger partial charge on any atom is -0.495 e. The number of carbonyl (C=O) groups excluding carboxylic acids is 1. The first-order chi connectivity index (χ1) is 20.9. The Kier molecular flexibility index (Phi) is 7.86. The first-order valence-electron chi connectivity index (χ1n) is 14.5. The average Bonchev–Trinajstić information content (AvgIpc) is 3.02. The zero-order chi connectivity index (χ0) is 30.1. The van der Waals surface area contributed by atoms with Crippen molar-refractivity contribution in [2.45, 2.75) is 39.2 Å². The number of anilines is 5. The molecule has 6 rings (SSSR count). The number of nitrogens with one attached hydrogen (secondary N) is 1. The van der Waals surface area contributed by atoms with Gasteiger partial charge in [0.1, 0.15) is 17.3 Å². The summed E-state index contributed by atoms with van der Waals surface area (Å²) in [5.74, 6) is 3.10. The quantitative estimate of drug-likeness (QED) is 0.271. The number of amides is 2. The van der Waals surface area contributed by atoms with Gasteiger partial charge in [-0.1, -0.05) is 24.3 Å². The molecular weight excluding hydrogens is 542 g/mol. The first-order valence-corrected chi connectivity index (χ1v) is 14.5. The number of hydrogen-bond acceptors (Lipinski definition) is 8. The smallest absolute Gasteiger partial charge is 0.336 e. The highest BCUT2D eigenvalue weighted by atomic mass is 16.5. The van der Waals surface area contributed by atoms with Crippen LogP contribution in [0.4, 0.5) is 33.8 Å². The van der Waals surface area contributed by atoms with Gasteiger partial charge in [0.05, 0.1) is 38.3 Å². The number of piperidine rings is 1. The maximum absolute atomic E-state index is 14.2. The Morgan fingerprint density at radius 1 is 0.930 bits per heavy atom. The van der Waals surface area contributed by atoms with Gasteiger partial charge in [0.25, 0.3) is 0 Å². The minimum atomic E-state index is -0.243. The third-order valence-electron chi connectivity index (χ3n) is 8.36. The molecule has 1 fully saturated rings. The zero-order valence-electron chi connectivity index (χ0n) is 25.3. The van der Waals surface area contributed by atoms with Crippen LogP contribution in [-0.4, -0.2) is 60.2 Å². The molecule has 2 aromatic carbocycles. The molecule has 4 heterocycles. The Morgan fingerprint density at radius 3 is 2.37 bits per heavy atom. The summed E-state index contributed by atoms with van der Waals surface area (Å²) in [4.78, 5) is 33.9. The van der Waals surface area contributed by atoms with Gasteiger partial charge in [0.15, 0.2) is 5.82 Å². The molecule has 2 aromatic heterocycles. The van der Waals surface area contributed by atoms with Crippen LogP contribution in [0.25, 0.3) is 0 Å². The van der Waals surface area contributed by atoms with Crippen molar-refractivity contribution in [3.05, 3.63) is 83.2 Å². The van der Waals surface area contributed by atoms with E-state index in [-0.39, 0.29) is 6.03 Å². The molecule has 1 N–H and O–H groups in total. The number of methoxy groups -OCH3 is 2. The molecule has 0 unspecified atom stereocenters. The number of urea groups is 1. The summed E-state index contributed by atoms with van der Waals surface area (Å²) in [6.45, 7) is 6.54. The van der Waals surface area contributed by atoms with E-state index in [4.69, 9.17) is 14.5 Å². The number of likely N-dealkylation sites (tertiary alicyclic amines) is 1. The predicted octanol–water partition coefficient (Wildman–Crippen LogP) is 6.34. The number of rotatable bonds is 7. The van der Waals surface area contributed by atoms with Gasteiger partial charge >= 0.3 is 6.03 Å². The fourth-order valence-corrected chi connectivity index (χ4v) is 5.98. The van der Waals surface area contributed by atoms with Gasteiger partial charge in [-0.05, 0) is 93.7 Å². The maximum Gasteiger partial charge on any atom is 0.336 e. The lowest BCUT2D eigenvalue weighted by Crippen LogP contribution is -2.46. The summed E-state index contributed by atoms with van der Waals surface area (Å²) in [6.07, 6.45) is 5.62. The Morgan fingerprint density at radius 2 is 1.70 bits per heavy atom. The lowest BCUT2D eigenvalue weighted by atomic mass is 9.89. The Bertz CT molecular complexity index is 1610. The van der Waals surface area contributed by atoms with E-state index in [2.05, 4.69) is 39.4 Å². The second-order valence-electron chi connectivity index (χ2n) is 11.2. The van der Waals surface area contributed by atoms with E-state index in [0.717, 1.165) is 59.7 Å². The number of carbonyl (C=O) groups is 1. The molecule has 0 spiro atoms. The summed E-state index contributed by atoms with van der Waals surface area (Å²) in [5.41, 5.74) is 5.72.